The van der Waals surface area contributed by atoms with Gasteiger partial charge in [-0.3, -0.25) is 4.90 Å². The maximum atomic E-state index is 12.7. The average molecular weight is 365 g/mol. The molecule has 1 aliphatic carbocycles. The van der Waals surface area contributed by atoms with Crippen LogP contribution in [0.1, 0.15) is 36.8 Å². The second-order valence-corrected chi connectivity index (χ2v) is 7.49. The number of likely N-dealkylation sites (tertiary alicyclic amines) is 1. The van der Waals surface area contributed by atoms with Gasteiger partial charge in [-0.05, 0) is 41.0 Å². The fourth-order valence-electron chi connectivity index (χ4n) is 4.29. The molecule has 1 aliphatic heterocycles. The summed E-state index contributed by atoms with van der Waals surface area (Å²) in [6.45, 7) is 2.67. The van der Waals surface area contributed by atoms with E-state index in [2.05, 4.69) is 24.3 Å². The molecule has 1 fully saturated rings. The molecule has 2 aromatic carbocycles. The van der Waals surface area contributed by atoms with Crippen molar-refractivity contribution in [3.63, 3.8) is 0 Å². The number of hydrogen-bond acceptors (Lipinski definition) is 3. The van der Waals surface area contributed by atoms with E-state index in [0.717, 1.165) is 17.5 Å². The molecule has 0 saturated carbocycles. The van der Waals surface area contributed by atoms with Crippen LogP contribution in [0.15, 0.2) is 48.5 Å². The van der Waals surface area contributed by atoms with E-state index in [0.29, 0.717) is 13.0 Å². The number of rotatable bonds is 3. The number of hydrogen-bond donors (Lipinski definition) is 1. The van der Waals surface area contributed by atoms with Gasteiger partial charge in [0.15, 0.2) is 0 Å². The third-order valence-corrected chi connectivity index (χ3v) is 5.67. The molecule has 1 N–H and O–H groups in total. The van der Waals surface area contributed by atoms with Crippen LogP contribution in [0, 0.1) is 5.92 Å². The summed E-state index contributed by atoms with van der Waals surface area (Å²) in [5, 5.41) is 9.43. The Kier molecular flexibility index (Phi) is 4.60. The number of carboxylic acid groups (broad SMARTS) is 1. The Bertz CT molecular complexity index is 833. The van der Waals surface area contributed by atoms with Crippen molar-refractivity contribution in [1.29, 1.82) is 0 Å². The van der Waals surface area contributed by atoms with Crippen LogP contribution in [-0.4, -0.2) is 41.3 Å². The summed E-state index contributed by atoms with van der Waals surface area (Å²) in [7, 11) is 0. The van der Waals surface area contributed by atoms with Crippen LogP contribution in [0.5, 0.6) is 0 Å². The van der Waals surface area contributed by atoms with Gasteiger partial charge in [0.25, 0.3) is 0 Å². The number of fused-ring (bicyclic) bond motifs is 3. The van der Waals surface area contributed by atoms with Gasteiger partial charge in [0.05, 0.1) is 0 Å². The van der Waals surface area contributed by atoms with Gasteiger partial charge in [-0.2, -0.15) is 0 Å². The van der Waals surface area contributed by atoms with E-state index in [1.165, 1.54) is 16.0 Å². The lowest BCUT2D eigenvalue weighted by Crippen LogP contribution is -2.50. The summed E-state index contributed by atoms with van der Waals surface area (Å²) in [6.07, 6.45) is 0.751. The zero-order chi connectivity index (χ0) is 19.0. The summed E-state index contributed by atoms with van der Waals surface area (Å²) in [5.74, 6) is -0.705. The molecule has 0 spiro atoms. The predicted molar refractivity (Wildman–Crippen MR) is 102 cm³/mol. The van der Waals surface area contributed by atoms with Crippen LogP contribution in [-0.2, 0) is 9.53 Å². The minimum absolute atomic E-state index is 0.0214. The zero-order valence-electron chi connectivity index (χ0n) is 15.3. The summed E-state index contributed by atoms with van der Waals surface area (Å²) in [5.41, 5.74) is 4.63. The number of aliphatic carboxylic acids is 1. The third kappa shape index (κ3) is 3.18. The van der Waals surface area contributed by atoms with Crippen LogP contribution in [0.4, 0.5) is 4.79 Å². The number of carboxylic acids is 1. The molecule has 27 heavy (non-hydrogen) atoms. The minimum atomic E-state index is -0.963. The van der Waals surface area contributed by atoms with Crippen LogP contribution in [0.2, 0.25) is 0 Å². The van der Waals surface area contributed by atoms with Gasteiger partial charge < -0.3 is 9.84 Å². The average Bonchev–Trinajstić information content (AvgIpc) is 3.00. The van der Waals surface area contributed by atoms with Crippen molar-refractivity contribution in [3.8, 4) is 11.1 Å². The van der Waals surface area contributed by atoms with Gasteiger partial charge in [0.1, 0.15) is 12.6 Å². The van der Waals surface area contributed by atoms with Crippen LogP contribution in [0.25, 0.3) is 11.1 Å². The van der Waals surface area contributed by atoms with Crippen molar-refractivity contribution in [2.24, 2.45) is 5.92 Å². The Morgan fingerprint density at radius 2 is 1.63 bits per heavy atom. The topological polar surface area (TPSA) is 66.8 Å². The fourth-order valence-corrected chi connectivity index (χ4v) is 4.29. The number of carbonyl (C=O) groups is 2. The van der Waals surface area contributed by atoms with Crippen molar-refractivity contribution in [2.75, 3.05) is 13.2 Å². The Hall–Kier alpha value is -2.82. The first-order valence-electron chi connectivity index (χ1n) is 9.40. The second kappa shape index (κ2) is 7.06. The standard InChI is InChI=1S/C22H23NO4/c1-14-10-11-20(21(24)25)23(12-14)22(26)27-13-19-17-8-4-2-6-15(17)16-7-3-5-9-18(16)19/h2-9,14,19-20H,10-13H2,1H3,(H,24,25)/t14-,20+/m1/s1. The molecule has 0 unspecified atom stereocenters. The molecule has 0 radical (unpaired) electrons. The summed E-state index contributed by atoms with van der Waals surface area (Å²) < 4.78 is 5.63. The Morgan fingerprint density at radius 1 is 1.04 bits per heavy atom. The van der Waals surface area contributed by atoms with Gasteiger partial charge in [-0.25, -0.2) is 9.59 Å². The normalized spacial score (nSPS) is 21.4. The van der Waals surface area contributed by atoms with Gasteiger partial charge in [-0.15, -0.1) is 0 Å². The summed E-state index contributed by atoms with van der Waals surface area (Å²) >= 11 is 0. The van der Waals surface area contributed by atoms with E-state index < -0.39 is 18.1 Å². The van der Waals surface area contributed by atoms with E-state index in [1.54, 1.807) is 0 Å². The lowest BCUT2D eigenvalue weighted by molar-refractivity contribution is -0.144. The molecule has 5 nitrogen and oxygen atoms in total. The summed E-state index contributed by atoms with van der Waals surface area (Å²) in [6, 6.07) is 15.5. The van der Waals surface area contributed by atoms with Crippen molar-refractivity contribution >= 4 is 12.1 Å². The fraction of sp³-hybridized carbons (Fsp3) is 0.364. The van der Waals surface area contributed by atoms with Gasteiger partial charge in [-0.1, -0.05) is 55.5 Å². The molecule has 2 atom stereocenters. The van der Waals surface area contributed by atoms with Crippen molar-refractivity contribution in [2.45, 2.75) is 31.7 Å². The maximum Gasteiger partial charge on any atom is 0.410 e. The highest BCUT2D eigenvalue weighted by Gasteiger charge is 2.36. The van der Waals surface area contributed by atoms with Crippen LogP contribution >= 0.6 is 0 Å². The Balaban J connectivity index is 1.53. The molecule has 140 valence electrons. The first-order valence-corrected chi connectivity index (χ1v) is 9.40. The van der Waals surface area contributed by atoms with E-state index in [4.69, 9.17) is 4.74 Å². The molecule has 1 saturated heterocycles. The van der Waals surface area contributed by atoms with E-state index in [-0.39, 0.29) is 18.4 Å². The molecule has 0 bridgehead atoms. The van der Waals surface area contributed by atoms with Gasteiger partial charge in [0, 0.05) is 12.5 Å². The molecular weight excluding hydrogens is 342 g/mol. The van der Waals surface area contributed by atoms with Crippen molar-refractivity contribution < 1.29 is 19.4 Å². The predicted octanol–water partition coefficient (Wildman–Crippen LogP) is 4.12. The van der Waals surface area contributed by atoms with Crippen molar-refractivity contribution in [3.05, 3.63) is 59.7 Å². The first-order chi connectivity index (χ1) is 13.1. The monoisotopic (exact) mass is 365 g/mol. The highest BCUT2D eigenvalue weighted by molar-refractivity contribution is 5.81. The highest BCUT2D eigenvalue weighted by atomic mass is 16.6. The number of amides is 1. The SMILES string of the molecule is C[C@@H]1CC[C@@H](C(=O)O)N(C(=O)OCC2c3ccccc3-c3ccccc32)C1. The summed E-state index contributed by atoms with van der Waals surface area (Å²) in [4.78, 5) is 25.6. The van der Waals surface area contributed by atoms with E-state index >= 15 is 0 Å². The first kappa shape index (κ1) is 17.6. The maximum absolute atomic E-state index is 12.7. The molecule has 2 aromatic rings. The lowest BCUT2D eigenvalue weighted by Gasteiger charge is -2.35. The highest BCUT2D eigenvalue weighted by Crippen LogP contribution is 2.44. The van der Waals surface area contributed by atoms with Gasteiger partial charge >= 0.3 is 12.1 Å². The quantitative estimate of drug-likeness (QED) is 0.888. The zero-order valence-corrected chi connectivity index (χ0v) is 15.3. The molecule has 5 heteroatoms. The Morgan fingerprint density at radius 3 is 2.22 bits per heavy atom. The van der Waals surface area contributed by atoms with Crippen LogP contribution in [0.3, 0.4) is 0 Å². The van der Waals surface area contributed by atoms with E-state index in [1.807, 2.05) is 31.2 Å². The second-order valence-electron chi connectivity index (χ2n) is 7.49. The third-order valence-electron chi connectivity index (χ3n) is 5.67. The largest absolute Gasteiger partial charge is 0.480 e. The lowest BCUT2D eigenvalue weighted by atomic mass is 9.94. The molecule has 0 aromatic heterocycles. The number of benzene rings is 2. The molecule has 2 aliphatic rings. The van der Waals surface area contributed by atoms with Crippen molar-refractivity contribution in [1.82, 2.24) is 4.90 Å². The minimum Gasteiger partial charge on any atom is -0.480 e. The smallest absolute Gasteiger partial charge is 0.410 e. The molecule has 1 amide bonds. The molecule has 4 rings (SSSR count). The van der Waals surface area contributed by atoms with Gasteiger partial charge in [0.2, 0.25) is 0 Å². The Labute approximate surface area is 158 Å². The molecule has 1 heterocycles. The van der Waals surface area contributed by atoms with E-state index in [9.17, 15) is 14.7 Å². The number of piperidine rings is 1. The number of nitrogens with zero attached hydrogens (tertiary/aromatic N) is 1. The molecular formula is C22H23NO4. The number of ether oxygens (including phenoxy) is 1. The number of carbonyl (C=O) groups excluding carboxylic acids is 1. The van der Waals surface area contributed by atoms with Crippen LogP contribution < -0.4 is 0 Å².